The molecule has 3 aromatic rings. The Balaban J connectivity index is 2.12. The summed E-state index contributed by atoms with van der Waals surface area (Å²) in [4.78, 5) is 0. The van der Waals surface area contributed by atoms with Crippen molar-refractivity contribution in [3.8, 4) is 0 Å². The molecule has 0 aliphatic carbocycles. The van der Waals surface area contributed by atoms with Gasteiger partial charge >= 0.3 is 0 Å². The zero-order chi connectivity index (χ0) is 14.3. The van der Waals surface area contributed by atoms with Gasteiger partial charge in [-0.05, 0) is 25.2 Å². The minimum Gasteiger partial charge on any atom is -0.457 e. The molecular weight excluding hydrogens is 337 g/mol. The van der Waals surface area contributed by atoms with E-state index in [1.54, 1.807) is 6.07 Å². The molecule has 20 heavy (non-hydrogen) atoms. The van der Waals surface area contributed by atoms with Crippen LogP contribution in [-0.2, 0) is 0 Å². The van der Waals surface area contributed by atoms with Crippen LogP contribution >= 0.6 is 46.1 Å². The highest BCUT2D eigenvalue weighted by molar-refractivity contribution is 7.20. The molecule has 0 spiro atoms. The van der Waals surface area contributed by atoms with Gasteiger partial charge in [0, 0.05) is 10.9 Å². The highest BCUT2D eigenvalue weighted by Crippen LogP contribution is 2.39. The first kappa shape index (κ1) is 14.2. The molecule has 0 saturated heterocycles. The van der Waals surface area contributed by atoms with Crippen LogP contribution in [0.2, 0.25) is 13.7 Å². The Labute approximate surface area is 135 Å². The number of halogens is 3. The van der Waals surface area contributed by atoms with Gasteiger partial charge in [0.2, 0.25) is 0 Å². The van der Waals surface area contributed by atoms with Crippen LogP contribution in [0.4, 0.5) is 0 Å². The van der Waals surface area contributed by atoms with Crippen molar-refractivity contribution in [3.63, 3.8) is 0 Å². The predicted molar refractivity (Wildman–Crippen MR) is 86.5 cm³/mol. The number of benzene rings is 1. The number of rotatable bonds is 3. The van der Waals surface area contributed by atoms with E-state index < -0.39 is 0 Å². The van der Waals surface area contributed by atoms with Gasteiger partial charge in [0.25, 0.3) is 0 Å². The molecule has 1 atom stereocenters. The van der Waals surface area contributed by atoms with Gasteiger partial charge in [-0.1, -0.05) is 46.9 Å². The summed E-state index contributed by atoms with van der Waals surface area (Å²) >= 11 is 19.7. The van der Waals surface area contributed by atoms with Gasteiger partial charge in [0.05, 0.1) is 19.7 Å². The summed E-state index contributed by atoms with van der Waals surface area (Å²) in [6, 6.07) is 9.32. The minimum atomic E-state index is -0.158. The van der Waals surface area contributed by atoms with Crippen molar-refractivity contribution in [2.45, 2.75) is 6.04 Å². The van der Waals surface area contributed by atoms with Crippen molar-refractivity contribution in [3.05, 3.63) is 55.4 Å². The summed E-state index contributed by atoms with van der Waals surface area (Å²) in [5.41, 5.74) is 1.58. The van der Waals surface area contributed by atoms with E-state index in [9.17, 15) is 0 Å². The zero-order valence-corrected chi connectivity index (χ0v) is 13.5. The Kier molecular flexibility index (Phi) is 3.98. The molecule has 0 fully saturated rings. The molecule has 0 saturated carbocycles. The van der Waals surface area contributed by atoms with Crippen LogP contribution in [0.5, 0.6) is 0 Å². The quantitative estimate of drug-likeness (QED) is 0.652. The van der Waals surface area contributed by atoms with E-state index >= 15 is 0 Å². The lowest BCUT2D eigenvalue weighted by Crippen LogP contribution is -2.16. The van der Waals surface area contributed by atoms with E-state index in [-0.39, 0.29) is 6.04 Å². The molecule has 0 amide bonds. The summed E-state index contributed by atoms with van der Waals surface area (Å²) in [6.07, 6.45) is 0. The van der Waals surface area contributed by atoms with Crippen molar-refractivity contribution in [2.24, 2.45) is 0 Å². The predicted octanol–water partition coefficient (Wildman–Crippen LogP) is 5.76. The molecule has 0 aliphatic heterocycles. The largest absolute Gasteiger partial charge is 0.457 e. The Hall–Kier alpha value is -0.710. The van der Waals surface area contributed by atoms with Crippen molar-refractivity contribution in [1.29, 1.82) is 0 Å². The molecule has 0 radical (unpaired) electrons. The molecule has 6 heteroatoms. The second kappa shape index (κ2) is 5.58. The number of hydrogen-bond donors (Lipinski definition) is 1. The fraction of sp³-hybridized carbons (Fsp3) is 0.143. The maximum absolute atomic E-state index is 6.22. The molecule has 2 heterocycles. The van der Waals surface area contributed by atoms with E-state index in [1.807, 2.05) is 31.3 Å². The summed E-state index contributed by atoms with van der Waals surface area (Å²) < 4.78 is 7.18. The van der Waals surface area contributed by atoms with Gasteiger partial charge in [0.15, 0.2) is 5.58 Å². The number of hydrogen-bond acceptors (Lipinski definition) is 3. The van der Waals surface area contributed by atoms with Gasteiger partial charge in [0.1, 0.15) is 5.76 Å². The van der Waals surface area contributed by atoms with Gasteiger partial charge in [-0.3, -0.25) is 0 Å². The Morgan fingerprint density at radius 2 is 2.00 bits per heavy atom. The lowest BCUT2D eigenvalue weighted by atomic mass is 10.1. The monoisotopic (exact) mass is 345 g/mol. The summed E-state index contributed by atoms with van der Waals surface area (Å²) in [5.74, 6) is 0.756. The third-order valence-electron chi connectivity index (χ3n) is 3.08. The first-order valence-electron chi connectivity index (χ1n) is 5.90. The van der Waals surface area contributed by atoms with Gasteiger partial charge in [-0.15, -0.1) is 11.3 Å². The van der Waals surface area contributed by atoms with Crippen LogP contribution in [-0.4, -0.2) is 7.05 Å². The standard InChI is InChI=1S/C14H10Cl3NOS/c1-18-12(8-6-11(16)20-14(8)17)10-5-7-3-2-4-9(15)13(7)19-10/h2-6,12,18H,1H3. The second-order valence-corrected chi connectivity index (χ2v) is 7.00. The zero-order valence-electron chi connectivity index (χ0n) is 10.4. The number of para-hydroxylation sites is 1. The molecule has 0 aliphatic rings. The molecule has 104 valence electrons. The van der Waals surface area contributed by atoms with Crippen LogP contribution in [0.3, 0.4) is 0 Å². The van der Waals surface area contributed by atoms with Crippen molar-refractivity contribution < 1.29 is 4.42 Å². The Morgan fingerprint density at radius 1 is 1.20 bits per heavy atom. The van der Waals surface area contributed by atoms with E-state index in [2.05, 4.69) is 5.32 Å². The maximum Gasteiger partial charge on any atom is 0.152 e. The van der Waals surface area contributed by atoms with Gasteiger partial charge in [-0.25, -0.2) is 0 Å². The highest BCUT2D eigenvalue weighted by Gasteiger charge is 2.22. The topological polar surface area (TPSA) is 25.2 Å². The highest BCUT2D eigenvalue weighted by atomic mass is 35.5. The lowest BCUT2D eigenvalue weighted by Gasteiger charge is -2.12. The fourth-order valence-corrected chi connectivity index (χ4v) is 3.94. The van der Waals surface area contributed by atoms with Crippen LogP contribution in [0.25, 0.3) is 11.0 Å². The SMILES string of the molecule is CNC(c1cc2cccc(Cl)c2o1)c1cc(Cl)sc1Cl. The summed E-state index contributed by atoms with van der Waals surface area (Å²) in [5, 5.41) is 4.75. The molecule has 3 rings (SSSR count). The van der Waals surface area contributed by atoms with E-state index in [1.165, 1.54) is 11.3 Å². The number of furan rings is 1. The van der Waals surface area contributed by atoms with E-state index in [4.69, 9.17) is 39.2 Å². The maximum atomic E-state index is 6.22. The van der Waals surface area contributed by atoms with E-state index in [0.29, 0.717) is 19.3 Å². The van der Waals surface area contributed by atoms with Crippen molar-refractivity contribution in [2.75, 3.05) is 7.05 Å². The Morgan fingerprint density at radius 3 is 2.60 bits per heavy atom. The third kappa shape index (κ3) is 2.45. The van der Waals surface area contributed by atoms with Gasteiger partial charge in [-0.2, -0.15) is 0 Å². The second-order valence-electron chi connectivity index (χ2n) is 4.31. The van der Waals surface area contributed by atoms with Crippen LogP contribution < -0.4 is 5.32 Å². The molecule has 1 N–H and O–H groups in total. The molecule has 2 nitrogen and oxygen atoms in total. The smallest absolute Gasteiger partial charge is 0.152 e. The molecule has 1 aromatic carbocycles. The summed E-state index contributed by atoms with van der Waals surface area (Å²) in [6.45, 7) is 0. The molecule has 0 bridgehead atoms. The van der Waals surface area contributed by atoms with Crippen LogP contribution in [0.15, 0.2) is 34.7 Å². The first-order valence-corrected chi connectivity index (χ1v) is 7.85. The molecular formula is C14H10Cl3NOS. The van der Waals surface area contributed by atoms with Gasteiger partial charge < -0.3 is 9.73 Å². The Bertz CT molecular complexity index is 765. The fourth-order valence-electron chi connectivity index (χ4n) is 2.19. The third-order valence-corrected chi connectivity index (χ3v) is 4.90. The normalized spacial score (nSPS) is 13.0. The van der Waals surface area contributed by atoms with Crippen molar-refractivity contribution >= 4 is 57.1 Å². The number of thiophene rings is 1. The van der Waals surface area contributed by atoms with Crippen molar-refractivity contribution in [1.82, 2.24) is 5.32 Å². The van der Waals surface area contributed by atoms with Crippen LogP contribution in [0.1, 0.15) is 17.4 Å². The minimum absolute atomic E-state index is 0.158. The number of nitrogens with one attached hydrogen (secondary N) is 1. The van der Waals surface area contributed by atoms with Crippen LogP contribution in [0, 0.1) is 0 Å². The lowest BCUT2D eigenvalue weighted by molar-refractivity contribution is 0.492. The summed E-state index contributed by atoms with van der Waals surface area (Å²) in [7, 11) is 1.85. The number of fused-ring (bicyclic) bond motifs is 1. The first-order chi connectivity index (χ1) is 9.60. The average molecular weight is 347 g/mol. The average Bonchev–Trinajstić information content (AvgIpc) is 2.96. The molecule has 2 aromatic heterocycles. The molecule has 1 unspecified atom stereocenters. The van der Waals surface area contributed by atoms with E-state index in [0.717, 1.165) is 16.7 Å².